The number of aromatic hydroxyl groups is 1. The molecule has 0 heterocycles. The number of ether oxygens (including phenoxy) is 1. The summed E-state index contributed by atoms with van der Waals surface area (Å²) in [6, 6.07) is 10.6. The van der Waals surface area contributed by atoms with Gasteiger partial charge in [-0.25, -0.2) is 4.79 Å². The molecule has 8 nitrogen and oxygen atoms in total. The van der Waals surface area contributed by atoms with Crippen molar-refractivity contribution in [2.24, 2.45) is 0 Å². The molecule has 2 rings (SSSR count). The van der Waals surface area contributed by atoms with E-state index in [-0.39, 0.29) is 24.0 Å². The highest BCUT2D eigenvalue weighted by molar-refractivity contribution is 5.92. The summed E-state index contributed by atoms with van der Waals surface area (Å²) < 4.78 is 5.53. The van der Waals surface area contributed by atoms with Gasteiger partial charge < -0.3 is 25.4 Å². The maximum absolute atomic E-state index is 14.6. The molecule has 2 atom stereocenters. The monoisotopic (exact) mass is 595 g/mol. The Hall–Kier alpha value is -3.55. The van der Waals surface area contributed by atoms with Crippen LogP contribution in [-0.2, 0) is 20.7 Å². The van der Waals surface area contributed by atoms with Crippen LogP contribution >= 0.6 is 0 Å². The smallest absolute Gasteiger partial charge is 0.408 e. The number of rotatable bonds is 16. The summed E-state index contributed by atoms with van der Waals surface area (Å²) in [5.74, 6) is -0.481. The Balaban J connectivity index is 2.56. The van der Waals surface area contributed by atoms with E-state index >= 15 is 0 Å². The molecule has 0 saturated heterocycles. The van der Waals surface area contributed by atoms with Gasteiger partial charge in [0.2, 0.25) is 11.8 Å². The van der Waals surface area contributed by atoms with E-state index in [1.54, 1.807) is 49.9 Å². The first-order chi connectivity index (χ1) is 20.4. The highest BCUT2D eigenvalue weighted by atomic mass is 16.6. The number of carbonyl (C=O) groups is 3. The van der Waals surface area contributed by atoms with E-state index < -0.39 is 23.8 Å². The van der Waals surface area contributed by atoms with Gasteiger partial charge in [-0.05, 0) is 81.8 Å². The molecule has 0 saturated carbocycles. The van der Waals surface area contributed by atoms with E-state index in [4.69, 9.17) is 4.74 Å². The fourth-order valence-corrected chi connectivity index (χ4v) is 4.88. The number of nitrogens with zero attached hydrogens (tertiary/aromatic N) is 1. The number of alkyl carbamates (subject to hydrolysis) is 1. The summed E-state index contributed by atoms with van der Waals surface area (Å²) in [6.45, 7) is 14.4. The first kappa shape index (κ1) is 35.6. The fraction of sp³-hybridized carbons (Fsp3) is 0.571. The Bertz CT molecular complexity index is 1170. The van der Waals surface area contributed by atoms with Crippen molar-refractivity contribution < 1.29 is 24.2 Å². The van der Waals surface area contributed by atoms with Crippen LogP contribution in [0.25, 0.3) is 0 Å². The van der Waals surface area contributed by atoms with E-state index in [0.29, 0.717) is 13.1 Å². The van der Waals surface area contributed by atoms with Gasteiger partial charge in [0.05, 0.1) is 0 Å². The number of hydrogen-bond acceptors (Lipinski definition) is 5. The molecule has 238 valence electrons. The third-order valence-corrected chi connectivity index (χ3v) is 7.39. The molecule has 0 aliphatic carbocycles. The molecule has 0 aliphatic heterocycles. The van der Waals surface area contributed by atoms with Crippen LogP contribution in [0.1, 0.15) is 108 Å². The molecule has 0 aromatic heterocycles. The van der Waals surface area contributed by atoms with Gasteiger partial charge in [-0.3, -0.25) is 9.59 Å². The first-order valence-corrected chi connectivity index (χ1v) is 15.8. The summed E-state index contributed by atoms with van der Waals surface area (Å²) >= 11 is 0. The summed E-state index contributed by atoms with van der Waals surface area (Å²) in [5, 5.41) is 15.7. The summed E-state index contributed by atoms with van der Waals surface area (Å²) in [4.78, 5) is 43.1. The quantitative estimate of drug-likeness (QED) is 0.183. The molecule has 0 fully saturated rings. The minimum atomic E-state index is -0.993. The van der Waals surface area contributed by atoms with Crippen LogP contribution in [-0.4, -0.2) is 52.6 Å². The van der Waals surface area contributed by atoms with E-state index in [1.165, 1.54) is 0 Å². The molecule has 0 radical (unpaired) electrons. The lowest BCUT2D eigenvalue weighted by atomic mass is 9.97. The van der Waals surface area contributed by atoms with Crippen molar-refractivity contribution in [1.29, 1.82) is 0 Å². The Kier molecular flexibility index (Phi) is 14.5. The van der Waals surface area contributed by atoms with E-state index in [0.717, 1.165) is 67.2 Å². The number of phenols is 1. The minimum Gasteiger partial charge on any atom is -0.508 e. The largest absolute Gasteiger partial charge is 0.508 e. The highest BCUT2D eigenvalue weighted by Gasteiger charge is 2.36. The van der Waals surface area contributed by atoms with Gasteiger partial charge in [0.25, 0.3) is 0 Å². The van der Waals surface area contributed by atoms with Crippen molar-refractivity contribution in [2.75, 3.05) is 13.1 Å². The van der Waals surface area contributed by atoms with Crippen LogP contribution in [0.2, 0.25) is 0 Å². The number of aryl methyl sites for hydroxylation is 2. The summed E-state index contributed by atoms with van der Waals surface area (Å²) in [6.07, 6.45) is 6.06. The topological polar surface area (TPSA) is 108 Å². The molecule has 0 aliphatic rings. The van der Waals surface area contributed by atoms with Gasteiger partial charge in [0.1, 0.15) is 23.4 Å². The minimum absolute atomic E-state index is 0.110. The van der Waals surface area contributed by atoms with E-state index in [1.807, 2.05) is 32.0 Å². The lowest BCUT2D eigenvalue weighted by molar-refractivity contribution is -0.142. The van der Waals surface area contributed by atoms with Crippen molar-refractivity contribution in [2.45, 2.75) is 118 Å². The number of carbonyl (C=O) groups excluding carboxylic acids is 3. The number of amides is 3. The fourth-order valence-electron chi connectivity index (χ4n) is 4.88. The number of unbranched alkanes of at least 4 members (excludes halogenated alkanes) is 5. The van der Waals surface area contributed by atoms with Crippen molar-refractivity contribution in [3.63, 3.8) is 0 Å². The van der Waals surface area contributed by atoms with Crippen molar-refractivity contribution in [3.05, 3.63) is 64.7 Å². The Morgan fingerprint density at radius 2 is 1.53 bits per heavy atom. The summed E-state index contributed by atoms with van der Waals surface area (Å²) in [5.41, 5.74) is 2.87. The zero-order valence-electron chi connectivity index (χ0n) is 27.3. The van der Waals surface area contributed by atoms with Gasteiger partial charge in [0.15, 0.2) is 0 Å². The third kappa shape index (κ3) is 12.3. The molecule has 3 amide bonds. The standard InChI is InChI=1S/C35H53N3O5/c1-8-10-12-14-22-38(31(32(40)36-21-13-11-9-2)28-18-15-25(3)26(4)23-28)33(41)30(37-34(42)43-35(5,6)7)24-27-16-19-29(39)20-17-27/h15-20,23,30-31,39H,8-14,21-22,24H2,1-7H3,(H,36,40)(H,37,42). The molecule has 0 bridgehead atoms. The van der Waals surface area contributed by atoms with Crippen molar-refractivity contribution >= 4 is 17.9 Å². The second kappa shape index (κ2) is 17.5. The Morgan fingerprint density at radius 3 is 2.14 bits per heavy atom. The molecule has 3 N–H and O–H groups in total. The zero-order chi connectivity index (χ0) is 32.0. The molecule has 2 unspecified atom stereocenters. The van der Waals surface area contributed by atoms with Gasteiger partial charge in [0, 0.05) is 19.5 Å². The first-order valence-electron chi connectivity index (χ1n) is 15.8. The van der Waals surface area contributed by atoms with Crippen LogP contribution in [0.3, 0.4) is 0 Å². The zero-order valence-corrected chi connectivity index (χ0v) is 27.3. The number of nitrogens with one attached hydrogen (secondary N) is 2. The molecular weight excluding hydrogens is 542 g/mol. The lowest BCUT2D eigenvalue weighted by Gasteiger charge is -2.35. The van der Waals surface area contributed by atoms with Crippen molar-refractivity contribution in [3.8, 4) is 5.75 Å². The van der Waals surface area contributed by atoms with Gasteiger partial charge >= 0.3 is 6.09 Å². The normalized spacial score (nSPS) is 12.7. The molecule has 2 aromatic carbocycles. The van der Waals surface area contributed by atoms with E-state index in [2.05, 4.69) is 24.5 Å². The van der Waals surface area contributed by atoms with Crippen LogP contribution in [0.15, 0.2) is 42.5 Å². The second-order valence-corrected chi connectivity index (χ2v) is 12.4. The molecular formula is C35H53N3O5. The average Bonchev–Trinajstić information content (AvgIpc) is 2.94. The molecule has 43 heavy (non-hydrogen) atoms. The maximum Gasteiger partial charge on any atom is 0.408 e. The maximum atomic E-state index is 14.6. The number of hydrogen-bond donors (Lipinski definition) is 3. The Labute approximate surface area is 258 Å². The number of phenolic OH excluding ortho intramolecular Hbond substituents is 1. The summed E-state index contributed by atoms with van der Waals surface area (Å²) in [7, 11) is 0. The van der Waals surface area contributed by atoms with Crippen LogP contribution < -0.4 is 10.6 Å². The SMILES string of the molecule is CCCCCCN(C(=O)C(Cc1ccc(O)cc1)NC(=O)OC(C)(C)C)C(C(=O)NCCCCC)c1ccc(C)c(C)c1. The van der Waals surface area contributed by atoms with Crippen LogP contribution in [0.5, 0.6) is 5.75 Å². The van der Waals surface area contributed by atoms with Gasteiger partial charge in [-0.15, -0.1) is 0 Å². The van der Waals surface area contributed by atoms with E-state index in [9.17, 15) is 19.5 Å². The molecule has 0 spiro atoms. The average molecular weight is 596 g/mol. The predicted molar refractivity (Wildman–Crippen MR) is 172 cm³/mol. The van der Waals surface area contributed by atoms with Gasteiger partial charge in [-0.2, -0.15) is 0 Å². The van der Waals surface area contributed by atoms with Crippen LogP contribution in [0.4, 0.5) is 4.79 Å². The molecule has 8 heteroatoms. The second-order valence-electron chi connectivity index (χ2n) is 12.4. The highest BCUT2D eigenvalue weighted by Crippen LogP contribution is 2.26. The lowest BCUT2D eigenvalue weighted by Crippen LogP contribution is -2.54. The third-order valence-electron chi connectivity index (χ3n) is 7.39. The predicted octanol–water partition coefficient (Wildman–Crippen LogP) is 6.90. The van der Waals surface area contributed by atoms with Crippen molar-refractivity contribution in [1.82, 2.24) is 15.5 Å². The molecule has 2 aromatic rings. The van der Waals surface area contributed by atoms with Crippen LogP contribution in [0, 0.1) is 13.8 Å². The Morgan fingerprint density at radius 1 is 0.884 bits per heavy atom. The van der Waals surface area contributed by atoms with Gasteiger partial charge in [-0.1, -0.05) is 76.3 Å². The number of benzene rings is 2.